The SMILES string of the molecule is CCCC(C)NC(=O)C(C)N1CCC(CNC)CC1. The molecule has 1 heterocycles. The van der Waals surface area contributed by atoms with Gasteiger partial charge in [0.15, 0.2) is 0 Å². The summed E-state index contributed by atoms with van der Waals surface area (Å²) in [5, 5.41) is 6.37. The van der Waals surface area contributed by atoms with Gasteiger partial charge in [0.25, 0.3) is 0 Å². The molecule has 1 fully saturated rings. The monoisotopic (exact) mass is 269 g/mol. The van der Waals surface area contributed by atoms with E-state index in [2.05, 4.69) is 29.4 Å². The smallest absolute Gasteiger partial charge is 0.237 e. The van der Waals surface area contributed by atoms with E-state index >= 15 is 0 Å². The third-order valence-corrected chi connectivity index (χ3v) is 4.18. The molecule has 0 aliphatic carbocycles. The van der Waals surface area contributed by atoms with Crippen LogP contribution >= 0.6 is 0 Å². The first kappa shape index (κ1) is 16.4. The van der Waals surface area contributed by atoms with Crippen LogP contribution in [-0.2, 0) is 4.79 Å². The van der Waals surface area contributed by atoms with Crippen molar-refractivity contribution in [2.75, 3.05) is 26.7 Å². The Bertz CT molecular complexity index is 262. The maximum atomic E-state index is 12.2. The minimum absolute atomic E-state index is 0.00911. The highest BCUT2D eigenvalue weighted by atomic mass is 16.2. The summed E-state index contributed by atoms with van der Waals surface area (Å²) in [6.45, 7) is 9.46. The van der Waals surface area contributed by atoms with E-state index in [1.165, 1.54) is 12.8 Å². The largest absolute Gasteiger partial charge is 0.352 e. The van der Waals surface area contributed by atoms with Gasteiger partial charge in [-0.2, -0.15) is 0 Å². The van der Waals surface area contributed by atoms with Crippen LogP contribution in [0.5, 0.6) is 0 Å². The van der Waals surface area contributed by atoms with Gasteiger partial charge in [-0.05, 0) is 65.7 Å². The minimum Gasteiger partial charge on any atom is -0.352 e. The Hall–Kier alpha value is -0.610. The van der Waals surface area contributed by atoms with Gasteiger partial charge in [-0.15, -0.1) is 0 Å². The first-order chi connectivity index (χ1) is 9.08. The normalized spacial score (nSPS) is 21.1. The number of hydrogen-bond acceptors (Lipinski definition) is 3. The third-order valence-electron chi connectivity index (χ3n) is 4.18. The first-order valence-corrected chi connectivity index (χ1v) is 7.77. The predicted octanol–water partition coefficient (Wildman–Crippen LogP) is 1.61. The molecule has 2 atom stereocenters. The van der Waals surface area contributed by atoms with Gasteiger partial charge in [-0.25, -0.2) is 0 Å². The highest BCUT2D eigenvalue weighted by molar-refractivity contribution is 5.81. The molecule has 1 amide bonds. The van der Waals surface area contributed by atoms with Crippen LogP contribution in [0, 0.1) is 5.92 Å². The number of amides is 1. The van der Waals surface area contributed by atoms with Crippen molar-refractivity contribution in [3.63, 3.8) is 0 Å². The lowest BCUT2D eigenvalue weighted by molar-refractivity contribution is -0.127. The Morgan fingerprint density at radius 1 is 1.32 bits per heavy atom. The van der Waals surface area contributed by atoms with E-state index in [1.807, 2.05) is 14.0 Å². The lowest BCUT2D eigenvalue weighted by Gasteiger charge is -2.35. The summed E-state index contributed by atoms with van der Waals surface area (Å²) in [6.07, 6.45) is 4.57. The van der Waals surface area contributed by atoms with Crippen molar-refractivity contribution in [1.29, 1.82) is 0 Å². The number of rotatable bonds is 7. The van der Waals surface area contributed by atoms with Gasteiger partial charge in [0.2, 0.25) is 5.91 Å². The van der Waals surface area contributed by atoms with Crippen LogP contribution in [0.2, 0.25) is 0 Å². The number of piperidine rings is 1. The molecule has 1 rings (SSSR count). The zero-order chi connectivity index (χ0) is 14.3. The number of hydrogen-bond donors (Lipinski definition) is 2. The Kier molecular flexibility index (Phi) is 7.39. The minimum atomic E-state index is 0.00911. The van der Waals surface area contributed by atoms with Crippen molar-refractivity contribution in [3.05, 3.63) is 0 Å². The zero-order valence-corrected chi connectivity index (χ0v) is 13.0. The summed E-state index contributed by atoms with van der Waals surface area (Å²) in [5.74, 6) is 0.962. The standard InChI is InChI=1S/C15H31N3O/c1-5-6-12(2)17-15(19)13(3)18-9-7-14(8-10-18)11-16-4/h12-14,16H,5-11H2,1-4H3,(H,17,19). The van der Waals surface area contributed by atoms with Gasteiger partial charge in [-0.1, -0.05) is 13.3 Å². The second kappa shape index (κ2) is 8.54. The van der Waals surface area contributed by atoms with E-state index in [-0.39, 0.29) is 11.9 Å². The molecule has 2 N–H and O–H groups in total. The number of carbonyl (C=O) groups excluding carboxylic acids is 1. The second-order valence-corrected chi connectivity index (χ2v) is 5.91. The van der Waals surface area contributed by atoms with E-state index in [1.54, 1.807) is 0 Å². The second-order valence-electron chi connectivity index (χ2n) is 5.91. The van der Waals surface area contributed by atoms with Gasteiger partial charge < -0.3 is 10.6 Å². The number of nitrogens with one attached hydrogen (secondary N) is 2. The lowest BCUT2D eigenvalue weighted by Crippen LogP contribution is -2.50. The summed E-state index contributed by atoms with van der Waals surface area (Å²) in [4.78, 5) is 14.5. The van der Waals surface area contributed by atoms with Crippen molar-refractivity contribution in [2.45, 2.75) is 58.5 Å². The van der Waals surface area contributed by atoms with Gasteiger partial charge >= 0.3 is 0 Å². The molecule has 0 bridgehead atoms. The fourth-order valence-electron chi connectivity index (χ4n) is 2.87. The lowest BCUT2D eigenvalue weighted by atomic mass is 9.96. The van der Waals surface area contributed by atoms with Crippen LogP contribution in [0.15, 0.2) is 0 Å². The molecule has 0 aromatic carbocycles. The molecule has 0 saturated carbocycles. The quantitative estimate of drug-likeness (QED) is 0.738. The summed E-state index contributed by atoms with van der Waals surface area (Å²) in [7, 11) is 2.01. The molecule has 0 aromatic rings. The fraction of sp³-hybridized carbons (Fsp3) is 0.933. The topological polar surface area (TPSA) is 44.4 Å². The zero-order valence-electron chi connectivity index (χ0n) is 13.0. The Balaban J connectivity index is 2.33. The van der Waals surface area contributed by atoms with Crippen LogP contribution < -0.4 is 10.6 Å². The molecule has 4 nitrogen and oxygen atoms in total. The highest BCUT2D eigenvalue weighted by Gasteiger charge is 2.26. The average Bonchev–Trinajstić information content (AvgIpc) is 2.39. The molecule has 0 spiro atoms. The number of likely N-dealkylation sites (tertiary alicyclic amines) is 1. The van der Waals surface area contributed by atoms with E-state index in [0.29, 0.717) is 6.04 Å². The van der Waals surface area contributed by atoms with Crippen LogP contribution in [0.1, 0.15) is 46.5 Å². The van der Waals surface area contributed by atoms with Gasteiger partial charge in [0, 0.05) is 6.04 Å². The highest BCUT2D eigenvalue weighted by Crippen LogP contribution is 2.18. The molecule has 0 aromatic heterocycles. The van der Waals surface area contributed by atoms with Crippen LogP contribution in [0.3, 0.4) is 0 Å². The summed E-state index contributed by atoms with van der Waals surface area (Å²) < 4.78 is 0. The molecular formula is C15H31N3O. The van der Waals surface area contributed by atoms with E-state index in [4.69, 9.17) is 0 Å². The predicted molar refractivity (Wildman–Crippen MR) is 80.2 cm³/mol. The number of carbonyl (C=O) groups is 1. The maximum absolute atomic E-state index is 12.2. The van der Waals surface area contributed by atoms with Crippen LogP contribution in [0.25, 0.3) is 0 Å². The first-order valence-electron chi connectivity index (χ1n) is 7.77. The molecule has 1 aliphatic rings. The molecule has 2 unspecified atom stereocenters. The average molecular weight is 269 g/mol. The van der Waals surface area contributed by atoms with Crippen LogP contribution in [-0.4, -0.2) is 49.6 Å². The summed E-state index contributed by atoms with van der Waals surface area (Å²) in [5.41, 5.74) is 0. The molecule has 4 heteroatoms. The van der Waals surface area contributed by atoms with Crippen molar-refractivity contribution in [2.24, 2.45) is 5.92 Å². The van der Waals surface area contributed by atoms with Crippen molar-refractivity contribution >= 4 is 5.91 Å². The fourth-order valence-corrected chi connectivity index (χ4v) is 2.87. The van der Waals surface area contributed by atoms with E-state index in [9.17, 15) is 4.79 Å². The van der Waals surface area contributed by atoms with Crippen LogP contribution in [0.4, 0.5) is 0 Å². The number of nitrogens with zero attached hydrogens (tertiary/aromatic N) is 1. The van der Waals surface area contributed by atoms with Crippen molar-refractivity contribution in [3.8, 4) is 0 Å². The summed E-state index contributed by atoms with van der Waals surface area (Å²) in [6, 6.07) is 0.302. The van der Waals surface area contributed by atoms with Crippen molar-refractivity contribution < 1.29 is 4.79 Å². The molecule has 1 aliphatic heterocycles. The van der Waals surface area contributed by atoms with Gasteiger partial charge in [-0.3, -0.25) is 9.69 Å². The Labute approximate surface area is 118 Å². The van der Waals surface area contributed by atoms with Gasteiger partial charge in [0.1, 0.15) is 0 Å². The maximum Gasteiger partial charge on any atom is 0.237 e. The Morgan fingerprint density at radius 3 is 2.47 bits per heavy atom. The molecule has 0 radical (unpaired) electrons. The molecular weight excluding hydrogens is 238 g/mol. The Morgan fingerprint density at radius 2 is 1.95 bits per heavy atom. The molecule has 112 valence electrons. The van der Waals surface area contributed by atoms with E-state index < -0.39 is 0 Å². The van der Waals surface area contributed by atoms with Gasteiger partial charge in [0.05, 0.1) is 6.04 Å². The molecule has 1 saturated heterocycles. The molecule has 19 heavy (non-hydrogen) atoms. The summed E-state index contributed by atoms with van der Waals surface area (Å²) >= 11 is 0. The third kappa shape index (κ3) is 5.49. The van der Waals surface area contributed by atoms with E-state index in [0.717, 1.165) is 38.4 Å². The van der Waals surface area contributed by atoms with Crippen molar-refractivity contribution in [1.82, 2.24) is 15.5 Å².